The van der Waals surface area contributed by atoms with Gasteiger partial charge >= 0.3 is 0 Å². The summed E-state index contributed by atoms with van der Waals surface area (Å²) in [6.07, 6.45) is 1.67. The maximum Gasteiger partial charge on any atom is 0.0702 e. The molecule has 0 heterocycles. The standard InChI is InChI=1S/C8H9I/c1-2-3-4-5-6-7-8-9/h2,5,8H2,1H3. The van der Waals surface area contributed by atoms with Crippen molar-refractivity contribution >= 4 is 22.6 Å². The van der Waals surface area contributed by atoms with Crippen LogP contribution in [0.4, 0.5) is 0 Å². The van der Waals surface area contributed by atoms with Gasteiger partial charge in [-0.05, 0) is 0 Å². The van der Waals surface area contributed by atoms with Gasteiger partial charge in [-0.3, -0.25) is 0 Å². The first-order chi connectivity index (χ1) is 4.41. The first-order valence-electron chi connectivity index (χ1n) is 2.89. The van der Waals surface area contributed by atoms with Gasteiger partial charge in [0, 0.05) is 6.42 Å². The van der Waals surface area contributed by atoms with E-state index < -0.39 is 0 Å². The van der Waals surface area contributed by atoms with Crippen LogP contribution in [0.25, 0.3) is 0 Å². The maximum absolute atomic E-state index is 2.95. The molecule has 0 aliphatic carbocycles. The molecule has 0 aromatic carbocycles. The van der Waals surface area contributed by atoms with Crippen molar-refractivity contribution in [3.8, 4) is 23.7 Å². The predicted octanol–water partition coefficient (Wildman–Crippen LogP) is 2.23. The summed E-state index contributed by atoms with van der Waals surface area (Å²) in [4.78, 5) is 0. The fourth-order valence-electron chi connectivity index (χ4n) is 0.341. The highest BCUT2D eigenvalue weighted by molar-refractivity contribution is 14.1. The number of halogens is 1. The van der Waals surface area contributed by atoms with E-state index in [9.17, 15) is 0 Å². The summed E-state index contributed by atoms with van der Waals surface area (Å²) in [5, 5.41) is 0. The Hall–Kier alpha value is -0.150. The van der Waals surface area contributed by atoms with Crippen molar-refractivity contribution in [2.75, 3.05) is 4.43 Å². The van der Waals surface area contributed by atoms with Crippen molar-refractivity contribution in [3.05, 3.63) is 0 Å². The van der Waals surface area contributed by atoms with Crippen molar-refractivity contribution in [1.82, 2.24) is 0 Å². The van der Waals surface area contributed by atoms with E-state index >= 15 is 0 Å². The lowest BCUT2D eigenvalue weighted by molar-refractivity contribution is 1.27. The minimum Gasteiger partial charge on any atom is -0.103 e. The molecule has 0 radical (unpaired) electrons. The molecule has 0 N–H and O–H groups in total. The first-order valence-corrected chi connectivity index (χ1v) is 4.41. The SMILES string of the molecule is CCC#CCC#CCI. The van der Waals surface area contributed by atoms with Crippen LogP contribution in [0.2, 0.25) is 0 Å². The van der Waals surface area contributed by atoms with E-state index in [0.29, 0.717) is 0 Å². The molecule has 0 unspecified atom stereocenters. The van der Waals surface area contributed by atoms with Gasteiger partial charge in [0.1, 0.15) is 0 Å². The molecule has 0 atom stereocenters. The molecule has 0 nitrogen and oxygen atoms in total. The summed E-state index contributed by atoms with van der Waals surface area (Å²) in [5.74, 6) is 11.8. The third-order valence-electron chi connectivity index (χ3n) is 0.670. The third-order valence-corrected chi connectivity index (χ3v) is 1.05. The van der Waals surface area contributed by atoms with E-state index in [2.05, 4.69) is 46.3 Å². The van der Waals surface area contributed by atoms with Gasteiger partial charge in [-0.2, -0.15) is 0 Å². The molecule has 0 rings (SSSR count). The molecule has 0 aromatic heterocycles. The number of hydrogen-bond donors (Lipinski definition) is 0. The number of hydrogen-bond acceptors (Lipinski definition) is 0. The highest BCUT2D eigenvalue weighted by Crippen LogP contribution is 1.77. The fraction of sp³-hybridized carbons (Fsp3) is 0.500. The molecular weight excluding hydrogens is 223 g/mol. The van der Waals surface area contributed by atoms with E-state index in [4.69, 9.17) is 0 Å². The van der Waals surface area contributed by atoms with E-state index in [1.807, 2.05) is 6.92 Å². The van der Waals surface area contributed by atoms with Gasteiger partial charge < -0.3 is 0 Å². The zero-order valence-electron chi connectivity index (χ0n) is 5.50. The summed E-state index contributed by atoms with van der Waals surface area (Å²) in [5.41, 5.74) is 0. The first kappa shape index (κ1) is 8.85. The molecule has 0 amide bonds. The minimum atomic E-state index is 0.733. The number of rotatable bonds is 0. The zero-order valence-corrected chi connectivity index (χ0v) is 7.66. The summed E-state index contributed by atoms with van der Waals surface area (Å²) < 4.78 is 0.908. The molecule has 9 heavy (non-hydrogen) atoms. The van der Waals surface area contributed by atoms with Crippen LogP contribution in [0.1, 0.15) is 19.8 Å². The van der Waals surface area contributed by atoms with Gasteiger partial charge in [-0.25, -0.2) is 0 Å². The van der Waals surface area contributed by atoms with Crippen molar-refractivity contribution in [3.63, 3.8) is 0 Å². The molecule has 0 aromatic rings. The van der Waals surface area contributed by atoms with Crippen molar-refractivity contribution in [2.45, 2.75) is 19.8 Å². The topological polar surface area (TPSA) is 0 Å². The van der Waals surface area contributed by atoms with Crippen LogP contribution in [0, 0.1) is 23.7 Å². The molecule has 0 bridgehead atoms. The Balaban J connectivity index is 3.28. The zero-order chi connectivity index (χ0) is 6.95. The fourth-order valence-corrected chi connectivity index (χ4v) is 0.611. The molecule has 0 aliphatic heterocycles. The molecule has 0 saturated carbocycles. The lowest BCUT2D eigenvalue weighted by atomic mass is 10.4. The quantitative estimate of drug-likeness (QED) is 0.341. The Morgan fingerprint density at radius 3 is 2.33 bits per heavy atom. The smallest absolute Gasteiger partial charge is 0.0702 e. The van der Waals surface area contributed by atoms with Crippen LogP contribution in [0.3, 0.4) is 0 Å². The van der Waals surface area contributed by atoms with Crippen LogP contribution in [-0.2, 0) is 0 Å². The van der Waals surface area contributed by atoms with Crippen LogP contribution in [0.15, 0.2) is 0 Å². The number of alkyl halides is 1. The minimum absolute atomic E-state index is 0.733. The lowest BCUT2D eigenvalue weighted by Gasteiger charge is -1.70. The normalized spacial score (nSPS) is 6.44. The second-order valence-corrected chi connectivity index (χ2v) is 2.13. The maximum atomic E-state index is 2.95. The Labute approximate surface area is 70.6 Å². The Morgan fingerprint density at radius 1 is 1.11 bits per heavy atom. The van der Waals surface area contributed by atoms with Gasteiger partial charge in [-0.15, -0.1) is 5.92 Å². The van der Waals surface area contributed by atoms with Crippen LogP contribution in [0.5, 0.6) is 0 Å². The third kappa shape index (κ3) is 7.85. The Bertz CT molecular complexity index is 140. The van der Waals surface area contributed by atoms with E-state index in [1.165, 1.54) is 0 Å². The van der Waals surface area contributed by atoms with Crippen molar-refractivity contribution in [1.29, 1.82) is 0 Å². The van der Waals surface area contributed by atoms with Crippen molar-refractivity contribution < 1.29 is 0 Å². The Kier molecular flexibility index (Phi) is 7.72. The summed E-state index contributed by atoms with van der Waals surface area (Å²) >= 11 is 2.23. The molecule has 48 valence electrons. The van der Waals surface area contributed by atoms with Gasteiger partial charge in [-0.1, -0.05) is 47.3 Å². The van der Waals surface area contributed by atoms with Gasteiger partial charge in [0.15, 0.2) is 0 Å². The molecule has 0 aliphatic rings. The van der Waals surface area contributed by atoms with E-state index in [-0.39, 0.29) is 0 Å². The van der Waals surface area contributed by atoms with Crippen LogP contribution < -0.4 is 0 Å². The summed E-state index contributed by atoms with van der Waals surface area (Å²) in [7, 11) is 0. The van der Waals surface area contributed by atoms with Crippen LogP contribution in [-0.4, -0.2) is 4.43 Å². The Morgan fingerprint density at radius 2 is 1.78 bits per heavy atom. The highest BCUT2D eigenvalue weighted by atomic mass is 127. The van der Waals surface area contributed by atoms with Gasteiger partial charge in [0.05, 0.1) is 10.8 Å². The second-order valence-electron chi connectivity index (χ2n) is 1.37. The molecule has 0 spiro atoms. The average molecular weight is 232 g/mol. The molecule has 1 heteroatoms. The van der Waals surface area contributed by atoms with Gasteiger partial charge in [0.2, 0.25) is 0 Å². The highest BCUT2D eigenvalue weighted by Gasteiger charge is 1.64. The summed E-state index contributed by atoms with van der Waals surface area (Å²) in [6.45, 7) is 2.04. The van der Waals surface area contributed by atoms with E-state index in [1.54, 1.807) is 0 Å². The van der Waals surface area contributed by atoms with E-state index in [0.717, 1.165) is 17.3 Å². The van der Waals surface area contributed by atoms with Crippen LogP contribution >= 0.6 is 22.6 Å². The molecule has 0 fully saturated rings. The predicted molar refractivity (Wildman–Crippen MR) is 49.3 cm³/mol. The molecule has 0 saturated heterocycles. The van der Waals surface area contributed by atoms with Gasteiger partial charge in [0.25, 0.3) is 0 Å². The average Bonchev–Trinajstić information content (AvgIpc) is 1.89. The lowest BCUT2D eigenvalue weighted by Crippen LogP contribution is -1.61. The monoisotopic (exact) mass is 232 g/mol. The largest absolute Gasteiger partial charge is 0.103 e. The second kappa shape index (κ2) is 7.85. The molecular formula is C8H9I. The van der Waals surface area contributed by atoms with Crippen molar-refractivity contribution in [2.24, 2.45) is 0 Å². The summed E-state index contributed by atoms with van der Waals surface area (Å²) in [6, 6.07) is 0.